The van der Waals surface area contributed by atoms with E-state index < -0.39 is 23.6 Å². The van der Waals surface area contributed by atoms with E-state index in [9.17, 15) is 13.6 Å². The average molecular weight is 355 g/mol. The topological polar surface area (TPSA) is 55.1 Å². The van der Waals surface area contributed by atoms with E-state index in [1.165, 1.54) is 13.0 Å². The Bertz CT molecular complexity index is 671. The number of carbonyl (C=O) groups excluding carboxylic acids is 1. The summed E-state index contributed by atoms with van der Waals surface area (Å²) < 4.78 is 28.0. The second-order valence-electron chi connectivity index (χ2n) is 4.56. The monoisotopic (exact) mass is 354 g/mol. The Hall–Kier alpha value is -1.95. The third-order valence-electron chi connectivity index (χ3n) is 3.04. The Morgan fingerprint density at radius 1 is 1.24 bits per heavy atom. The molecule has 1 unspecified atom stereocenters. The molecule has 1 atom stereocenters. The fraction of sp³-hybridized carbons (Fsp3) is 0.133. The van der Waals surface area contributed by atoms with Gasteiger partial charge in [0.25, 0.3) is 5.91 Å². The molecule has 2 aromatic carbocycles. The van der Waals surface area contributed by atoms with Crippen molar-refractivity contribution in [3.8, 4) is 0 Å². The molecule has 110 valence electrons. The van der Waals surface area contributed by atoms with Crippen LogP contribution in [-0.2, 0) is 0 Å². The normalized spacial score (nSPS) is 12.0. The number of hydrogen-bond acceptors (Lipinski definition) is 2. The molecule has 2 aromatic rings. The van der Waals surface area contributed by atoms with E-state index in [1.807, 2.05) is 0 Å². The molecule has 0 fully saturated rings. The van der Waals surface area contributed by atoms with Crippen LogP contribution in [-0.4, -0.2) is 5.91 Å². The van der Waals surface area contributed by atoms with Crippen LogP contribution in [0.1, 0.15) is 28.9 Å². The van der Waals surface area contributed by atoms with Crippen LogP contribution in [0, 0.1) is 11.6 Å². The minimum absolute atomic E-state index is 0.181. The van der Waals surface area contributed by atoms with Gasteiger partial charge < -0.3 is 11.1 Å². The Morgan fingerprint density at radius 2 is 1.86 bits per heavy atom. The molecule has 6 heteroatoms. The Kier molecular flexibility index (Phi) is 4.57. The third-order valence-corrected chi connectivity index (χ3v) is 3.53. The molecule has 0 radical (unpaired) electrons. The quantitative estimate of drug-likeness (QED) is 0.823. The third kappa shape index (κ3) is 3.39. The fourth-order valence-electron chi connectivity index (χ4n) is 2.00. The van der Waals surface area contributed by atoms with Crippen molar-refractivity contribution in [2.45, 2.75) is 13.0 Å². The number of anilines is 1. The van der Waals surface area contributed by atoms with Crippen LogP contribution < -0.4 is 11.1 Å². The van der Waals surface area contributed by atoms with Crippen LogP contribution in [0.25, 0.3) is 0 Å². The van der Waals surface area contributed by atoms with E-state index in [0.29, 0.717) is 4.47 Å². The molecule has 2 rings (SSSR count). The van der Waals surface area contributed by atoms with Crippen molar-refractivity contribution in [2.75, 3.05) is 5.73 Å². The van der Waals surface area contributed by atoms with Gasteiger partial charge in [-0.05, 0) is 37.3 Å². The summed E-state index contributed by atoms with van der Waals surface area (Å²) in [4.78, 5) is 12.2. The van der Waals surface area contributed by atoms with Crippen LogP contribution in [0.4, 0.5) is 14.5 Å². The molecular weight excluding hydrogens is 342 g/mol. The van der Waals surface area contributed by atoms with Gasteiger partial charge in [0.15, 0.2) is 0 Å². The van der Waals surface area contributed by atoms with Crippen molar-refractivity contribution in [2.24, 2.45) is 0 Å². The summed E-state index contributed by atoms with van der Waals surface area (Å²) in [6, 6.07) is 7.57. The predicted octanol–water partition coefficient (Wildman–Crippen LogP) is 3.80. The first-order valence-corrected chi connectivity index (χ1v) is 6.99. The van der Waals surface area contributed by atoms with Crippen LogP contribution in [0.2, 0.25) is 0 Å². The van der Waals surface area contributed by atoms with Crippen LogP contribution >= 0.6 is 15.9 Å². The van der Waals surface area contributed by atoms with Crippen molar-refractivity contribution in [1.82, 2.24) is 5.32 Å². The number of carbonyl (C=O) groups is 1. The molecule has 0 saturated heterocycles. The van der Waals surface area contributed by atoms with Crippen molar-refractivity contribution < 1.29 is 13.6 Å². The van der Waals surface area contributed by atoms with E-state index in [4.69, 9.17) is 5.73 Å². The maximum absolute atomic E-state index is 13.7. The van der Waals surface area contributed by atoms with Gasteiger partial charge in [-0.2, -0.15) is 0 Å². The highest BCUT2D eigenvalue weighted by Gasteiger charge is 2.19. The van der Waals surface area contributed by atoms with Gasteiger partial charge in [0, 0.05) is 15.7 Å². The molecule has 0 heterocycles. The molecule has 0 aliphatic rings. The lowest BCUT2D eigenvalue weighted by molar-refractivity contribution is 0.0939. The summed E-state index contributed by atoms with van der Waals surface area (Å²) in [6.45, 7) is 1.51. The first-order valence-electron chi connectivity index (χ1n) is 6.20. The standard InChI is InChI=1S/C15H13BrF2N2O/c1-8(14-11(17)3-2-4-12(14)18)20-15(21)10-7-9(16)5-6-13(10)19/h2-8H,19H2,1H3,(H,20,21). The Balaban J connectivity index is 2.25. The smallest absolute Gasteiger partial charge is 0.253 e. The lowest BCUT2D eigenvalue weighted by atomic mass is 10.1. The zero-order valence-electron chi connectivity index (χ0n) is 11.2. The Morgan fingerprint density at radius 3 is 2.48 bits per heavy atom. The van der Waals surface area contributed by atoms with E-state index in [0.717, 1.165) is 12.1 Å². The second kappa shape index (κ2) is 6.22. The Labute approximate surface area is 129 Å². The van der Waals surface area contributed by atoms with Gasteiger partial charge >= 0.3 is 0 Å². The number of amides is 1. The molecule has 0 spiro atoms. The number of rotatable bonds is 3. The number of nitrogen functional groups attached to an aromatic ring is 1. The molecule has 21 heavy (non-hydrogen) atoms. The van der Waals surface area contributed by atoms with Gasteiger partial charge in [-0.3, -0.25) is 4.79 Å². The second-order valence-corrected chi connectivity index (χ2v) is 5.48. The van der Waals surface area contributed by atoms with E-state index in [1.54, 1.807) is 18.2 Å². The van der Waals surface area contributed by atoms with Gasteiger partial charge in [-0.1, -0.05) is 22.0 Å². The van der Waals surface area contributed by atoms with Crippen molar-refractivity contribution in [3.63, 3.8) is 0 Å². The maximum atomic E-state index is 13.7. The average Bonchev–Trinajstić information content (AvgIpc) is 2.41. The number of benzene rings is 2. The van der Waals surface area contributed by atoms with Gasteiger partial charge in [-0.25, -0.2) is 8.78 Å². The molecule has 3 N–H and O–H groups in total. The van der Waals surface area contributed by atoms with Crippen LogP contribution in [0.3, 0.4) is 0 Å². The first-order chi connectivity index (χ1) is 9.90. The van der Waals surface area contributed by atoms with E-state index in [-0.39, 0.29) is 16.8 Å². The van der Waals surface area contributed by atoms with E-state index in [2.05, 4.69) is 21.2 Å². The van der Waals surface area contributed by atoms with Gasteiger partial charge in [-0.15, -0.1) is 0 Å². The maximum Gasteiger partial charge on any atom is 0.253 e. The summed E-state index contributed by atoms with van der Waals surface area (Å²) in [5.41, 5.74) is 6.09. The zero-order chi connectivity index (χ0) is 15.6. The van der Waals surface area contributed by atoms with Crippen molar-refractivity contribution in [3.05, 3.63) is 63.6 Å². The summed E-state index contributed by atoms with van der Waals surface area (Å²) >= 11 is 3.24. The van der Waals surface area contributed by atoms with Crippen LogP contribution in [0.5, 0.6) is 0 Å². The highest BCUT2D eigenvalue weighted by atomic mass is 79.9. The van der Waals surface area contributed by atoms with Gasteiger partial charge in [0.2, 0.25) is 0 Å². The molecule has 1 amide bonds. The molecule has 3 nitrogen and oxygen atoms in total. The minimum Gasteiger partial charge on any atom is -0.398 e. The summed E-state index contributed by atoms with van der Waals surface area (Å²) in [5, 5.41) is 2.54. The number of hydrogen-bond donors (Lipinski definition) is 2. The number of nitrogens with one attached hydrogen (secondary N) is 1. The van der Waals surface area contributed by atoms with Gasteiger partial charge in [0.05, 0.1) is 11.6 Å². The molecular formula is C15H13BrF2N2O. The highest BCUT2D eigenvalue weighted by Crippen LogP contribution is 2.23. The summed E-state index contributed by atoms with van der Waals surface area (Å²) in [5.74, 6) is -1.90. The van der Waals surface area contributed by atoms with E-state index >= 15 is 0 Å². The van der Waals surface area contributed by atoms with Crippen molar-refractivity contribution in [1.29, 1.82) is 0 Å². The molecule has 0 aliphatic heterocycles. The highest BCUT2D eigenvalue weighted by molar-refractivity contribution is 9.10. The molecule has 0 aromatic heterocycles. The molecule has 0 bridgehead atoms. The molecule has 0 saturated carbocycles. The fourth-order valence-corrected chi connectivity index (χ4v) is 2.36. The predicted molar refractivity (Wildman–Crippen MR) is 80.8 cm³/mol. The van der Waals surface area contributed by atoms with Gasteiger partial charge in [0.1, 0.15) is 11.6 Å². The minimum atomic E-state index is -0.822. The molecule has 0 aliphatic carbocycles. The summed E-state index contributed by atoms with van der Waals surface area (Å²) in [6.07, 6.45) is 0. The number of halogens is 3. The lowest BCUT2D eigenvalue weighted by Crippen LogP contribution is -2.28. The largest absolute Gasteiger partial charge is 0.398 e. The first kappa shape index (κ1) is 15.4. The number of nitrogens with two attached hydrogens (primary N) is 1. The lowest BCUT2D eigenvalue weighted by Gasteiger charge is -2.16. The zero-order valence-corrected chi connectivity index (χ0v) is 12.7. The van der Waals surface area contributed by atoms with Crippen molar-refractivity contribution >= 4 is 27.5 Å². The SMILES string of the molecule is CC(NC(=O)c1cc(Br)ccc1N)c1c(F)cccc1F. The summed E-state index contributed by atoms with van der Waals surface area (Å²) in [7, 11) is 0. The van der Waals surface area contributed by atoms with Crippen LogP contribution in [0.15, 0.2) is 40.9 Å².